The highest BCUT2D eigenvalue weighted by Gasteiger charge is 2.40. The number of aromatic nitrogens is 5. The standard InChI is InChI=1S/C14H10F3N7O2/c15-14(16,17)9(1-3-18)21-13(26)24-6-7(5-20-24)8-2-4-19-11-10(8)22-12(25)23-11/h2,4-6,9H,1H2,(H,21,26)(H2,19,22,23,25). The SMILES string of the molecule is N#CCC(NC(=O)n1cc(-c2ccnc3[nH]c(=O)[nH]c23)cn1)C(F)(F)F. The van der Waals surface area contributed by atoms with Crippen molar-refractivity contribution in [3.8, 4) is 17.2 Å². The molecule has 0 spiro atoms. The van der Waals surface area contributed by atoms with Crippen LogP contribution < -0.4 is 11.0 Å². The molecule has 9 nitrogen and oxygen atoms in total. The molecular weight excluding hydrogens is 355 g/mol. The molecule has 0 aliphatic heterocycles. The van der Waals surface area contributed by atoms with Gasteiger partial charge >= 0.3 is 17.9 Å². The third-order valence-corrected chi connectivity index (χ3v) is 3.51. The van der Waals surface area contributed by atoms with E-state index < -0.39 is 30.4 Å². The summed E-state index contributed by atoms with van der Waals surface area (Å²) in [5, 5.41) is 13.9. The summed E-state index contributed by atoms with van der Waals surface area (Å²) in [6.45, 7) is 0. The number of rotatable bonds is 3. The van der Waals surface area contributed by atoms with Crippen LogP contribution in [0.5, 0.6) is 0 Å². The number of hydrogen-bond acceptors (Lipinski definition) is 5. The van der Waals surface area contributed by atoms with Crippen LogP contribution in [0.15, 0.2) is 29.5 Å². The number of halogens is 3. The van der Waals surface area contributed by atoms with Gasteiger partial charge in [-0.1, -0.05) is 0 Å². The number of carbonyl (C=O) groups is 1. The van der Waals surface area contributed by atoms with Crippen molar-refractivity contribution in [2.75, 3.05) is 0 Å². The zero-order valence-electron chi connectivity index (χ0n) is 12.8. The van der Waals surface area contributed by atoms with Gasteiger partial charge in [0.05, 0.1) is 24.2 Å². The molecular formula is C14H10F3N7O2. The summed E-state index contributed by atoms with van der Waals surface area (Å²) in [5.41, 5.74) is 1.05. The second-order valence-corrected chi connectivity index (χ2v) is 5.24. The lowest BCUT2D eigenvalue weighted by atomic mass is 10.1. The van der Waals surface area contributed by atoms with Gasteiger partial charge in [-0.3, -0.25) is 4.98 Å². The lowest BCUT2D eigenvalue weighted by Crippen LogP contribution is -2.46. The van der Waals surface area contributed by atoms with Crippen molar-refractivity contribution in [3.63, 3.8) is 0 Å². The number of fused-ring (bicyclic) bond motifs is 1. The van der Waals surface area contributed by atoms with Gasteiger partial charge in [-0.05, 0) is 6.07 Å². The van der Waals surface area contributed by atoms with Gasteiger partial charge in [0.1, 0.15) is 6.04 Å². The Morgan fingerprint density at radius 1 is 1.42 bits per heavy atom. The van der Waals surface area contributed by atoms with Crippen molar-refractivity contribution >= 4 is 17.2 Å². The molecule has 0 fully saturated rings. The molecule has 26 heavy (non-hydrogen) atoms. The minimum absolute atomic E-state index is 0.288. The minimum Gasteiger partial charge on any atom is -0.323 e. The molecule has 1 unspecified atom stereocenters. The number of pyridine rings is 1. The summed E-state index contributed by atoms with van der Waals surface area (Å²) in [7, 11) is 0. The minimum atomic E-state index is -4.76. The maximum Gasteiger partial charge on any atom is 0.409 e. The molecule has 3 aromatic heterocycles. The Morgan fingerprint density at radius 3 is 2.88 bits per heavy atom. The van der Waals surface area contributed by atoms with Crippen molar-refractivity contribution in [2.45, 2.75) is 18.6 Å². The summed E-state index contributed by atoms with van der Waals surface area (Å²) in [4.78, 5) is 32.4. The van der Waals surface area contributed by atoms with Gasteiger partial charge in [0.2, 0.25) is 0 Å². The average molecular weight is 365 g/mol. The van der Waals surface area contributed by atoms with E-state index in [0.717, 1.165) is 0 Å². The Morgan fingerprint density at radius 2 is 2.19 bits per heavy atom. The summed E-state index contributed by atoms with van der Waals surface area (Å²) in [5.74, 6) is 0. The van der Waals surface area contributed by atoms with E-state index in [1.165, 1.54) is 24.7 Å². The highest BCUT2D eigenvalue weighted by molar-refractivity contribution is 5.89. The number of carbonyl (C=O) groups excluding carboxylic acids is 1. The summed E-state index contributed by atoms with van der Waals surface area (Å²) in [6, 6.07) is -0.510. The van der Waals surface area contributed by atoms with Crippen molar-refractivity contribution in [2.24, 2.45) is 0 Å². The van der Waals surface area contributed by atoms with Crippen LogP contribution in [0.4, 0.5) is 18.0 Å². The first kappa shape index (κ1) is 17.2. The first-order chi connectivity index (χ1) is 12.3. The molecule has 0 aliphatic rings. The number of nitriles is 1. The fraction of sp³-hybridized carbons (Fsp3) is 0.214. The average Bonchev–Trinajstić information content (AvgIpc) is 3.18. The highest BCUT2D eigenvalue weighted by atomic mass is 19.4. The second-order valence-electron chi connectivity index (χ2n) is 5.24. The molecule has 0 bridgehead atoms. The molecule has 0 radical (unpaired) electrons. The fourth-order valence-electron chi connectivity index (χ4n) is 2.30. The van der Waals surface area contributed by atoms with Gasteiger partial charge in [-0.25, -0.2) is 14.6 Å². The molecule has 12 heteroatoms. The number of nitrogens with one attached hydrogen (secondary N) is 3. The van der Waals surface area contributed by atoms with E-state index in [1.807, 2.05) is 0 Å². The monoisotopic (exact) mass is 365 g/mol. The molecule has 0 saturated heterocycles. The number of alkyl halides is 3. The maximum absolute atomic E-state index is 12.8. The van der Waals surface area contributed by atoms with E-state index >= 15 is 0 Å². The van der Waals surface area contributed by atoms with Crippen LogP contribution in [0.25, 0.3) is 22.3 Å². The van der Waals surface area contributed by atoms with Gasteiger partial charge in [-0.15, -0.1) is 0 Å². The summed E-state index contributed by atoms with van der Waals surface area (Å²) < 4.78 is 39.1. The largest absolute Gasteiger partial charge is 0.409 e. The first-order valence-electron chi connectivity index (χ1n) is 7.16. The second kappa shape index (κ2) is 6.36. The van der Waals surface area contributed by atoms with E-state index in [2.05, 4.69) is 20.1 Å². The van der Waals surface area contributed by atoms with E-state index in [9.17, 15) is 22.8 Å². The van der Waals surface area contributed by atoms with E-state index in [4.69, 9.17) is 5.26 Å². The number of nitrogens with zero attached hydrogens (tertiary/aromatic N) is 4. The third kappa shape index (κ3) is 3.27. The van der Waals surface area contributed by atoms with E-state index in [-0.39, 0.29) is 5.65 Å². The number of imidazole rings is 1. The normalized spacial score (nSPS) is 12.7. The van der Waals surface area contributed by atoms with Crippen LogP contribution in [0.3, 0.4) is 0 Å². The van der Waals surface area contributed by atoms with Crippen LogP contribution in [-0.2, 0) is 0 Å². The van der Waals surface area contributed by atoms with Crippen LogP contribution in [-0.4, -0.2) is 43.0 Å². The van der Waals surface area contributed by atoms with Gasteiger partial charge in [0.25, 0.3) is 0 Å². The van der Waals surface area contributed by atoms with Gasteiger partial charge < -0.3 is 10.3 Å². The van der Waals surface area contributed by atoms with Crippen LogP contribution in [0.2, 0.25) is 0 Å². The molecule has 0 aliphatic carbocycles. The zero-order chi connectivity index (χ0) is 18.9. The lowest BCUT2D eigenvalue weighted by Gasteiger charge is -2.18. The molecule has 3 aromatic rings. The molecule has 134 valence electrons. The number of amides is 1. The predicted molar refractivity (Wildman–Crippen MR) is 81.9 cm³/mol. The fourth-order valence-corrected chi connectivity index (χ4v) is 2.30. The van der Waals surface area contributed by atoms with Crippen molar-refractivity contribution < 1.29 is 18.0 Å². The van der Waals surface area contributed by atoms with Crippen molar-refractivity contribution in [3.05, 3.63) is 35.1 Å². The van der Waals surface area contributed by atoms with Crippen LogP contribution in [0, 0.1) is 11.3 Å². The highest BCUT2D eigenvalue weighted by Crippen LogP contribution is 2.25. The van der Waals surface area contributed by atoms with E-state index in [1.54, 1.807) is 11.4 Å². The Hall–Kier alpha value is -3.62. The molecule has 1 atom stereocenters. The van der Waals surface area contributed by atoms with Crippen molar-refractivity contribution in [1.29, 1.82) is 5.26 Å². The molecule has 3 N–H and O–H groups in total. The summed E-state index contributed by atoms with van der Waals surface area (Å²) >= 11 is 0. The number of hydrogen-bond donors (Lipinski definition) is 3. The van der Waals surface area contributed by atoms with Gasteiger partial charge in [0.15, 0.2) is 5.65 Å². The molecule has 3 heterocycles. The quantitative estimate of drug-likeness (QED) is 0.647. The molecule has 0 saturated carbocycles. The number of H-pyrrole nitrogens is 2. The Bertz CT molecular complexity index is 1060. The predicted octanol–water partition coefficient (Wildman–Crippen LogP) is 1.52. The maximum atomic E-state index is 12.8. The topological polar surface area (TPSA) is 132 Å². The smallest absolute Gasteiger partial charge is 0.323 e. The lowest BCUT2D eigenvalue weighted by molar-refractivity contribution is -0.151. The van der Waals surface area contributed by atoms with Crippen LogP contribution >= 0.6 is 0 Å². The van der Waals surface area contributed by atoms with E-state index in [0.29, 0.717) is 21.3 Å². The summed E-state index contributed by atoms with van der Waals surface area (Å²) in [6.07, 6.45) is -1.80. The Balaban J connectivity index is 1.88. The third-order valence-electron chi connectivity index (χ3n) is 3.51. The van der Waals surface area contributed by atoms with Gasteiger partial charge in [-0.2, -0.15) is 28.2 Å². The van der Waals surface area contributed by atoms with Crippen LogP contribution in [0.1, 0.15) is 6.42 Å². The van der Waals surface area contributed by atoms with Crippen molar-refractivity contribution in [1.82, 2.24) is 30.0 Å². The Kier molecular flexibility index (Phi) is 4.21. The Labute approximate surface area is 142 Å². The molecule has 0 aromatic carbocycles. The molecule has 3 rings (SSSR count). The number of aromatic amines is 2. The zero-order valence-corrected chi connectivity index (χ0v) is 12.8. The molecule has 1 amide bonds. The first-order valence-corrected chi connectivity index (χ1v) is 7.16. The van der Waals surface area contributed by atoms with Gasteiger partial charge in [0, 0.05) is 23.5 Å².